The first-order valence-corrected chi connectivity index (χ1v) is 23.1. The van der Waals surface area contributed by atoms with Crippen molar-refractivity contribution in [1.29, 1.82) is 0 Å². The number of guanidine groups is 1. The number of carboxylic acids is 2. The Labute approximate surface area is 409 Å². The van der Waals surface area contributed by atoms with E-state index >= 15 is 0 Å². The van der Waals surface area contributed by atoms with Gasteiger partial charge >= 0.3 is 11.9 Å². The first kappa shape index (κ1) is 60.0. The van der Waals surface area contributed by atoms with E-state index in [1.807, 2.05) is 0 Å². The molecule has 18 N–H and O–H groups in total. The van der Waals surface area contributed by atoms with Crippen LogP contribution in [0.25, 0.3) is 0 Å². The summed E-state index contributed by atoms with van der Waals surface area (Å²) in [5, 5.41) is 71.1. The number of hydrogen-bond donors (Lipinski definition) is 16. The molecule has 1 aliphatic heterocycles. The minimum Gasteiger partial charge on any atom is -0.508 e. The second-order valence-electron chi connectivity index (χ2n) is 17.5. The van der Waals surface area contributed by atoms with Crippen LogP contribution < -0.4 is 59.3 Å². The summed E-state index contributed by atoms with van der Waals surface area (Å²) in [5.41, 5.74) is 11.2. The molecular weight excluding hydrogens is 937 g/mol. The van der Waals surface area contributed by atoms with Gasteiger partial charge in [-0.1, -0.05) is 26.0 Å². The van der Waals surface area contributed by atoms with Crippen molar-refractivity contribution in [2.45, 2.75) is 146 Å². The number of carbonyl (C=O) groups excluding carboxylic acids is 8. The number of aliphatic imine (C=N–C) groups is 1. The maximum Gasteiger partial charge on any atom is 0.326 e. The number of phenols is 1. The number of carbonyl (C=O) groups is 10. The molecule has 396 valence electrons. The summed E-state index contributed by atoms with van der Waals surface area (Å²) in [7, 11) is 0. The summed E-state index contributed by atoms with van der Waals surface area (Å²) < 4.78 is 0. The zero-order valence-electron chi connectivity index (χ0n) is 40.4. The van der Waals surface area contributed by atoms with Gasteiger partial charge in [0.1, 0.15) is 54.1 Å². The molecule has 1 saturated heterocycles. The number of nitrogens with two attached hydrogens (primary N) is 2. The SMILES string of the molecule is CC(C)C[C@H](NC(=O)[C@H](C)NC(=O)[C@H](CCCN=C(N)N)NC(=O)[C@@H]1CCCN1)C(=O)N[C@@H](C)C(=O)N[C@@H](CCC(=O)O)C(=O)N[C@H](C(=O)N[C@@H](CO)C(=O)N[C@@H](Cc1ccc(O)cc1)C(=O)O)[C@@H](C)O. The number of rotatable bonds is 30. The minimum atomic E-state index is -1.89. The van der Waals surface area contributed by atoms with E-state index in [-0.39, 0.29) is 43.4 Å². The fourth-order valence-corrected chi connectivity index (χ4v) is 7.00. The van der Waals surface area contributed by atoms with Crippen LogP contribution in [0.1, 0.15) is 85.1 Å². The molecule has 0 unspecified atom stereocenters. The summed E-state index contributed by atoms with van der Waals surface area (Å²) in [6, 6.07) is -7.02. The van der Waals surface area contributed by atoms with Crippen LogP contribution in [0.15, 0.2) is 29.3 Å². The largest absolute Gasteiger partial charge is 0.508 e. The smallest absolute Gasteiger partial charge is 0.326 e. The molecule has 10 atom stereocenters. The number of phenolic OH excluding ortho intramolecular Hbond substituents is 1. The van der Waals surface area contributed by atoms with Crippen LogP contribution in [0.4, 0.5) is 0 Å². The van der Waals surface area contributed by atoms with Gasteiger partial charge in [0.25, 0.3) is 0 Å². The molecule has 2 rings (SSSR count). The quantitative estimate of drug-likeness (QED) is 0.0195. The molecule has 1 fully saturated rings. The third-order valence-electron chi connectivity index (χ3n) is 10.9. The lowest BCUT2D eigenvalue weighted by Crippen LogP contribution is -2.62. The van der Waals surface area contributed by atoms with Gasteiger partial charge in [0.05, 0.1) is 18.8 Å². The van der Waals surface area contributed by atoms with E-state index in [0.29, 0.717) is 24.9 Å². The highest BCUT2D eigenvalue weighted by Gasteiger charge is 2.35. The number of nitrogens with one attached hydrogen (secondary N) is 9. The van der Waals surface area contributed by atoms with Crippen LogP contribution in [0.2, 0.25) is 0 Å². The van der Waals surface area contributed by atoms with E-state index in [0.717, 1.165) is 13.3 Å². The molecule has 1 aromatic rings. The highest BCUT2D eigenvalue weighted by Crippen LogP contribution is 2.13. The van der Waals surface area contributed by atoms with Crippen molar-refractivity contribution in [1.82, 2.24) is 47.9 Å². The Hall–Kier alpha value is -7.13. The number of amides is 8. The van der Waals surface area contributed by atoms with Crippen molar-refractivity contribution in [2.75, 3.05) is 19.7 Å². The molecule has 0 saturated carbocycles. The van der Waals surface area contributed by atoms with E-state index in [9.17, 15) is 73.5 Å². The predicted octanol–water partition coefficient (Wildman–Crippen LogP) is -4.97. The topological polar surface area (TPSA) is 445 Å². The lowest BCUT2D eigenvalue weighted by Gasteiger charge is -2.27. The third kappa shape index (κ3) is 21.6. The Morgan fingerprint density at radius 2 is 1.20 bits per heavy atom. The second kappa shape index (κ2) is 29.8. The number of aromatic hydroxyl groups is 1. The molecule has 27 heteroatoms. The second-order valence-corrected chi connectivity index (χ2v) is 17.5. The Balaban J connectivity index is 2.15. The van der Waals surface area contributed by atoms with Gasteiger partial charge in [0.15, 0.2) is 5.96 Å². The Morgan fingerprint density at radius 3 is 1.70 bits per heavy atom. The van der Waals surface area contributed by atoms with Crippen molar-refractivity contribution in [3.05, 3.63) is 29.8 Å². The van der Waals surface area contributed by atoms with Crippen molar-refractivity contribution in [3.63, 3.8) is 0 Å². The number of carboxylic acid groups (broad SMARTS) is 2. The normalized spacial score (nSPS) is 16.9. The minimum absolute atomic E-state index is 0.0512. The van der Waals surface area contributed by atoms with Gasteiger partial charge in [-0.2, -0.15) is 0 Å². The number of aliphatic hydroxyl groups excluding tert-OH is 2. The van der Waals surface area contributed by atoms with Crippen molar-refractivity contribution in [2.24, 2.45) is 22.4 Å². The summed E-state index contributed by atoms with van der Waals surface area (Å²) >= 11 is 0. The van der Waals surface area contributed by atoms with E-state index < -0.39 is 139 Å². The zero-order chi connectivity index (χ0) is 53.5. The number of hydrogen-bond acceptors (Lipinski definition) is 15. The summed E-state index contributed by atoms with van der Waals surface area (Å²) in [5.74, 6) is -10.6. The van der Waals surface area contributed by atoms with Crippen LogP contribution >= 0.6 is 0 Å². The molecule has 1 aromatic carbocycles. The number of benzene rings is 1. The highest BCUT2D eigenvalue weighted by molar-refractivity contribution is 5.98. The van der Waals surface area contributed by atoms with Gasteiger partial charge in [-0.25, -0.2) is 4.79 Å². The molecule has 0 aliphatic carbocycles. The molecular formula is C44H70N12O15. The molecule has 27 nitrogen and oxygen atoms in total. The molecule has 71 heavy (non-hydrogen) atoms. The number of nitrogens with zero attached hydrogens (tertiary/aromatic N) is 1. The maximum atomic E-state index is 13.6. The molecule has 1 heterocycles. The molecule has 0 aromatic heterocycles. The van der Waals surface area contributed by atoms with Crippen molar-refractivity contribution in [3.8, 4) is 5.75 Å². The summed E-state index contributed by atoms with van der Waals surface area (Å²) in [4.78, 5) is 134. The monoisotopic (exact) mass is 1010 g/mol. The van der Waals surface area contributed by atoms with Gasteiger partial charge in [0.2, 0.25) is 47.3 Å². The van der Waals surface area contributed by atoms with Crippen LogP contribution in [-0.2, 0) is 54.4 Å². The summed E-state index contributed by atoms with van der Waals surface area (Å²) in [6.45, 7) is 6.91. The molecule has 0 bridgehead atoms. The molecule has 8 amide bonds. The lowest BCUT2D eigenvalue weighted by atomic mass is 10.0. The van der Waals surface area contributed by atoms with Crippen molar-refractivity contribution >= 4 is 65.2 Å². The van der Waals surface area contributed by atoms with Gasteiger partial charge in [-0.15, -0.1) is 0 Å². The fourth-order valence-electron chi connectivity index (χ4n) is 7.00. The van der Waals surface area contributed by atoms with E-state index in [4.69, 9.17) is 11.5 Å². The Bertz CT molecular complexity index is 2040. The highest BCUT2D eigenvalue weighted by atomic mass is 16.4. The summed E-state index contributed by atoms with van der Waals surface area (Å²) in [6.07, 6.45) is -1.38. The lowest BCUT2D eigenvalue weighted by molar-refractivity contribution is -0.143. The molecule has 0 spiro atoms. The van der Waals surface area contributed by atoms with Crippen LogP contribution in [0.5, 0.6) is 5.75 Å². The standard InChI is InChI=1S/C44H70N12O15/c1-21(2)18-30(53-36(63)23(4)49-38(65)28(9-7-17-48-44(45)46)52-37(64)27-8-6-16-47-27)40(67)50-22(3)35(62)51-29(14-15-33(60)61)39(66)56-34(24(5)58)42(69)55-32(20-57)41(68)54-31(43(70)71)19-25-10-12-26(59)13-11-25/h10-13,21-24,27-32,34,47,57-59H,6-9,14-20H2,1-5H3,(H,49,65)(H,50,67)(H,51,62)(H,52,64)(H,53,63)(H,54,68)(H,55,69)(H,56,66)(H,60,61)(H,70,71)(H4,45,46,48)/t22-,23-,24+,27-,28-,29-,30-,31-,32-,34-/m0/s1. The van der Waals surface area contributed by atoms with Gasteiger partial charge in [0, 0.05) is 19.4 Å². The first-order chi connectivity index (χ1) is 33.3. The number of aliphatic carboxylic acids is 2. The molecule has 1 aliphatic rings. The van der Waals surface area contributed by atoms with Crippen molar-refractivity contribution < 1.29 is 73.5 Å². The van der Waals surface area contributed by atoms with Crippen LogP contribution in [0.3, 0.4) is 0 Å². The maximum absolute atomic E-state index is 13.6. The van der Waals surface area contributed by atoms with Crippen LogP contribution in [-0.4, -0.2) is 171 Å². The first-order valence-electron chi connectivity index (χ1n) is 23.1. The van der Waals surface area contributed by atoms with E-state index in [1.54, 1.807) is 13.8 Å². The molecule has 0 radical (unpaired) electrons. The van der Waals surface area contributed by atoms with Gasteiger partial charge < -0.3 is 84.9 Å². The van der Waals surface area contributed by atoms with E-state index in [1.165, 1.54) is 38.1 Å². The average molecular weight is 1010 g/mol. The zero-order valence-corrected chi connectivity index (χ0v) is 40.4. The van der Waals surface area contributed by atoms with Gasteiger partial charge in [-0.05, 0) is 89.5 Å². The van der Waals surface area contributed by atoms with Crippen LogP contribution in [0, 0.1) is 5.92 Å². The van der Waals surface area contributed by atoms with Gasteiger partial charge in [-0.3, -0.25) is 48.1 Å². The fraction of sp³-hybridized carbons (Fsp3) is 0.614. The van der Waals surface area contributed by atoms with E-state index in [2.05, 4.69) is 52.8 Å². The average Bonchev–Trinajstić information content (AvgIpc) is 3.84. The Morgan fingerprint density at radius 1 is 0.676 bits per heavy atom. The third-order valence-corrected chi connectivity index (χ3v) is 10.9. The predicted molar refractivity (Wildman–Crippen MR) is 252 cm³/mol. The Kier molecular flexibility index (Phi) is 25.2. The number of aliphatic hydroxyl groups is 2.